The van der Waals surface area contributed by atoms with Gasteiger partial charge in [-0.15, -0.1) is 0 Å². The molecule has 0 aromatic heterocycles. The van der Waals surface area contributed by atoms with E-state index in [2.05, 4.69) is 11.0 Å². The molecule has 6 nitrogen and oxygen atoms in total. The van der Waals surface area contributed by atoms with Crippen LogP contribution in [0.3, 0.4) is 0 Å². The van der Waals surface area contributed by atoms with E-state index >= 15 is 0 Å². The summed E-state index contributed by atoms with van der Waals surface area (Å²) in [7, 11) is 0. The number of ether oxygens (including phenoxy) is 2. The molecule has 0 amide bonds. The summed E-state index contributed by atoms with van der Waals surface area (Å²) in [6.07, 6.45) is 0.404. The summed E-state index contributed by atoms with van der Waals surface area (Å²) < 4.78 is 25.2. The van der Waals surface area contributed by atoms with Crippen LogP contribution in [0.15, 0.2) is 60.7 Å². The highest BCUT2D eigenvalue weighted by Gasteiger charge is 2.30. The van der Waals surface area contributed by atoms with Crippen LogP contribution >= 0.6 is 0 Å². The highest BCUT2D eigenvalue weighted by Crippen LogP contribution is 2.48. The zero-order valence-corrected chi connectivity index (χ0v) is 20.7. The number of benzene rings is 3. The van der Waals surface area contributed by atoms with Gasteiger partial charge in [-0.1, -0.05) is 12.1 Å². The minimum Gasteiger partial charge on any atom is -0.508 e. The molecule has 2 aliphatic heterocycles. The molecule has 2 aliphatic rings. The minimum atomic E-state index is -0.498. The Balaban J connectivity index is 1.41. The smallest absolute Gasteiger partial charge is 0.150 e. The summed E-state index contributed by atoms with van der Waals surface area (Å²) in [5.41, 5.74) is 4.34. The molecular weight excluding hydrogens is 471 g/mol. The van der Waals surface area contributed by atoms with E-state index < -0.39 is 6.10 Å². The lowest BCUT2D eigenvalue weighted by Gasteiger charge is -2.31. The maximum Gasteiger partial charge on any atom is 0.150 e. The van der Waals surface area contributed by atoms with Crippen molar-refractivity contribution < 1.29 is 24.1 Å². The first-order valence-electron chi connectivity index (χ1n) is 12.4. The van der Waals surface area contributed by atoms with Crippen LogP contribution in [0, 0.1) is 17.2 Å². The van der Waals surface area contributed by atoms with Crippen LogP contribution in [0.25, 0.3) is 11.1 Å². The summed E-state index contributed by atoms with van der Waals surface area (Å²) in [4.78, 5) is 2.23. The quantitative estimate of drug-likeness (QED) is 0.433. The van der Waals surface area contributed by atoms with E-state index in [-0.39, 0.29) is 24.1 Å². The van der Waals surface area contributed by atoms with Crippen LogP contribution < -0.4 is 9.47 Å². The third-order valence-corrected chi connectivity index (χ3v) is 7.08. The molecule has 7 heteroatoms. The van der Waals surface area contributed by atoms with Crippen LogP contribution in [-0.2, 0) is 0 Å². The van der Waals surface area contributed by atoms with Gasteiger partial charge in [0.15, 0.2) is 0 Å². The third-order valence-electron chi connectivity index (χ3n) is 7.08. The van der Waals surface area contributed by atoms with Crippen molar-refractivity contribution in [1.29, 1.82) is 5.26 Å². The van der Waals surface area contributed by atoms with Crippen molar-refractivity contribution >= 4 is 11.1 Å². The van der Waals surface area contributed by atoms with E-state index in [1.54, 1.807) is 30.3 Å². The van der Waals surface area contributed by atoms with Crippen LogP contribution in [0.5, 0.6) is 23.0 Å². The summed E-state index contributed by atoms with van der Waals surface area (Å²) in [6.45, 7) is 4.67. The van der Waals surface area contributed by atoms with Gasteiger partial charge in [-0.05, 0) is 85.1 Å². The molecule has 3 aromatic rings. The Morgan fingerprint density at radius 2 is 1.89 bits per heavy atom. The van der Waals surface area contributed by atoms with Crippen molar-refractivity contribution in [3.63, 3.8) is 0 Å². The highest BCUT2D eigenvalue weighted by molar-refractivity contribution is 5.96. The molecule has 3 aromatic carbocycles. The molecule has 1 saturated heterocycles. The normalized spacial score (nSPS) is 19.3. The standard InChI is InChI=1S/C30H29FN2O4/c1-19-27-15-24(34)4-7-28(27)37-30(29(19)23-12-21(17-32)13-25(35)14-23)22-2-5-26(6-3-22)36-11-10-33-9-8-20(16-31)18-33/h2-7,12-15,20,30,34-35H,8-11,16,18H2,1H3/t20-,30?/m0/s1. The monoisotopic (exact) mass is 500 g/mol. The Bertz CT molecular complexity index is 1360. The number of halogens is 1. The molecule has 190 valence electrons. The molecule has 2 heterocycles. The first-order valence-corrected chi connectivity index (χ1v) is 12.4. The maximum atomic E-state index is 12.9. The lowest BCUT2D eigenvalue weighted by atomic mass is 9.85. The number of phenolic OH excluding ortho intramolecular Hbond substituents is 2. The van der Waals surface area contributed by atoms with Crippen LogP contribution in [0.1, 0.15) is 41.7 Å². The number of likely N-dealkylation sites (tertiary alicyclic amines) is 1. The number of nitrogens with zero attached hydrogens (tertiary/aromatic N) is 2. The minimum absolute atomic E-state index is 0.00519. The number of nitriles is 1. The van der Waals surface area contributed by atoms with Gasteiger partial charge >= 0.3 is 0 Å². The Hall–Kier alpha value is -4.02. The second kappa shape index (κ2) is 10.5. The molecule has 0 saturated carbocycles. The Morgan fingerprint density at radius 1 is 1.08 bits per heavy atom. The first-order chi connectivity index (χ1) is 17.9. The van der Waals surface area contributed by atoms with Gasteiger partial charge in [0.2, 0.25) is 0 Å². The molecule has 0 radical (unpaired) electrons. The predicted molar refractivity (Wildman–Crippen MR) is 139 cm³/mol. The number of phenols is 2. The van der Waals surface area contributed by atoms with Crippen molar-refractivity contribution in [2.75, 3.05) is 32.9 Å². The third kappa shape index (κ3) is 5.25. The van der Waals surface area contributed by atoms with Crippen molar-refractivity contribution in [2.45, 2.75) is 19.4 Å². The molecule has 2 atom stereocenters. The predicted octanol–water partition coefficient (Wildman–Crippen LogP) is 5.70. The Kier molecular flexibility index (Phi) is 7.02. The van der Waals surface area contributed by atoms with Gasteiger partial charge in [0, 0.05) is 30.1 Å². The summed E-state index contributed by atoms with van der Waals surface area (Å²) >= 11 is 0. The van der Waals surface area contributed by atoms with Crippen molar-refractivity contribution in [1.82, 2.24) is 4.90 Å². The van der Waals surface area contributed by atoms with Gasteiger partial charge in [0.05, 0.1) is 18.3 Å². The maximum absolute atomic E-state index is 12.9. The van der Waals surface area contributed by atoms with E-state index in [4.69, 9.17) is 9.47 Å². The van der Waals surface area contributed by atoms with Crippen molar-refractivity contribution in [3.05, 3.63) is 82.9 Å². The number of aromatic hydroxyl groups is 2. The van der Waals surface area contributed by atoms with Crippen molar-refractivity contribution in [2.24, 2.45) is 5.92 Å². The fourth-order valence-electron chi connectivity index (χ4n) is 5.15. The van der Waals surface area contributed by atoms with Crippen LogP contribution in [0.4, 0.5) is 4.39 Å². The van der Waals surface area contributed by atoms with E-state index in [0.29, 0.717) is 23.5 Å². The van der Waals surface area contributed by atoms with Crippen LogP contribution in [-0.4, -0.2) is 48.0 Å². The molecule has 1 fully saturated rings. The first kappa shape index (κ1) is 24.7. The second-order valence-corrected chi connectivity index (χ2v) is 9.62. The van der Waals surface area contributed by atoms with Gasteiger partial charge in [0.1, 0.15) is 35.7 Å². The van der Waals surface area contributed by atoms with E-state index in [1.165, 1.54) is 6.07 Å². The fraction of sp³-hybridized carbons (Fsp3) is 0.300. The number of hydrogen-bond acceptors (Lipinski definition) is 6. The highest BCUT2D eigenvalue weighted by atomic mass is 19.1. The number of allylic oxidation sites excluding steroid dienone is 1. The SMILES string of the molecule is CC1=C(c2cc(O)cc(C#N)c2)C(c2ccc(OCCN3CC[C@@H](CF)C3)cc2)Oc2ccc(O)cc21. The van der Waals surface area contributed by atoms with Gasteiger partial charge < -0.3 is 19.7 Å². The van der Waals surface area contributed by atoms with E-state index in [1.807, 2.05) is 31.2 Å². The van der Waals surface area contributed by atoms with Crippen LogP contribution in [0.2, 0.25) is 0 Å². The lowest BCUT2D eigenvalue weighted by molar-refractivity contribution is 0.228. The van der Waals surface area contributed by atoms with Gasteiger partial charge in [-0.2, -0.15) is 5.26 Å². The zero-order chi connectivity index (χ0) is 25.9. The molecule has 1 unspecified atom stereocenters. The average Bonchev–Trinajstić information content (AvgIpc) is 3.37. The molecule has 0 spiro atoms. The molecule has 0 bridgehead atoms. The number of rotatable bonds is 7. The van der Waals surface area contributed by atoms with Crippen molar-refractivity contribution in [3.8, 4) is 29.1 Å². The average molecular weight is 501 g/mol. The topological polar surface area (TPSA) is 86.0 Å². The second-order valence-electron chi connectivity index (χ2n) is 9.62. The molecule has 2 N–H and O–H groups in total. The molecular formula is C30H29FN2O4. The van der Waals surface area contributed by atoms with E-state index in [0.717, 1.165) is 54.1 Å². The summed E-state index contributed by atoms with van der Waals surface area (Å²) in [6, 6.07) is 19.5. The number of hydrogen-bond donors (Lipinski definition) is 2. The number of fused-ring (bicyclic) bond motifs is 1. The Labute approximate surface area is 215 Å². The fourth-order valence-corrected chi connectivity index (χ4v) is 5.15. The molecule has 37 heavy (non-hydrogen) atoms. The summed E-state index contributed by atoms with van der Waals surface area (Å²) in [5, 5.41) is 29.8. The number of alkyl halides is 1. The zero-order valence-electron chi connectivity index (χ0n) is 20.7. The molecule has 0 aliphatic carbocycles. The van der Waals surface area contributed by atoms with E-state index in [9.17, 15) is 19.9 Å². The van der Waals surface area contributed by atoms with Gasteiger partial charge in [0.25, 0.3) is 0 Å². The Morgan fingerprint density at radius 3 is 2.62 bits per heavy atom. The lowest BCUT2D eigenvalue weighted by Crippen LogP contribution is -2.26. The van der Waals surface area contributed by atoms with Gasteiger partial charge in [-0.25, -0.2) is 0 Å². The largest absolute Gasteiger partial charge is 0.508 e. The summed E-state index contributed by atoms with van der Waals surface area (Å²) in [5.74, 6) is 1.64. The van der Waals surface area contributed by atoms with Gasteiger partial charge in [-0.3, -0.25) is 9.29 Å². The molecule has 5 rings (SSSR count).